The molecule has 0 atom stereocenters. The van der Waals surface area contributed by atoms with Crippen molar-refractivity contribution in [2.24, 2.45) is 5.16 Å². The molecule has 0 aliphatic rings. The third kappa shape index (κ3) is 3.76. The molecule has 4 heteroatoms. The van der Waals surface area contributed by atoms with Gasteiger partial charge in [-0.1, -0.05) is 58.7 Å². The van der Waals surface area contributed by atoms with Crippen molar-refractivity contribution in [1.29, 1.82) is 0 Å². The first kappa shape index (κ1) is 12.9. The van der Waals surface area contributed by atoms with Gasteiger partial charge in [-0.3, -0.25) is 0 Å². The van der Waals surface area contributed by atoms with Crippen molar-refractivity contribution in [3.05, 3.63) is 69.7 Å². The average molecular weight is 280 g/mol. The maximum Gasteiger partial charge on any atom is 0.143 e. The zero-order valence-corrected chi connectivity index (χ0v) is 11.0. The van der Waals surface area contributed by atoms with Crippen LogP contribution in [0.15, 0.2) is 53.7 Å². The van der Waals surface area contributed by atoms with Gasteiger partial charge in [0.2, 0.25) is 0 Å². The second-order valence-corrected chi connectivity index (χ2v) is 4.49. The van der Waals surface area contributed by atoms with Crippen LogP contribution in [-0.4, -0.2) is 6.21 Å². The third-order valence-corrected chi connectivity index (χ3v) is 2.94. The fourth-order valence-electron chi connectivity index (χ4n) is 1.37. The maximum absolute atomic E-state index is 5.99. The Balaban J connectivity index is 1.89. The van der Waals surface area contributed by atoms with E-state index >= 15 is 0 Å². The first-order chi connectivity index (χ1) is 8.75. The van der Waals surface area contributed by atoms with E-state index in [0.29, 0.717) is 16.7 Å². The minimum absolute atomic E-state index is 0.351. The van der Waals surface area contributed by atoms with Crippen LogP contribution >= 0.6 is 23.2 Å². The summed E-state index contributed by atoms with van der Waals surface area (Å²) in [6, 6.07) is 14.9. The molecule has 0 aliphatic carbocycles. The van der Waals surface area contributed by atoms with Crippen molar-refractivity contribution in [2.75, 3.05) is 0 Å². The molecule has 0 aromatic heterocycles. The highest BCUT2D eigenvalue weighted by Crippen LogP contribution is 2.15. The molecule has 0 spiro atoms. The largest absolute Gasteiger partial charge is 0.391 e. The number of hydrogen-bond donors (Lipinski definition) is 0. The van der Waals surface area contributed by atoms with E-state index in [9.17, 15) is 0 Å². The van der Waals surface area contributed by atoms with E-state index in [2.05, 4.69) is 5.16 Å². The molecule has 2 nitrogen and oxygen atoms in total. The number of oxime groups is 1. The monoisotopic (exact) mass is 279 g/mol. The zero-order valence-electron chi connectivity index (χ0n) is 9.51. The Labute approximate surface area is 116 Å². The van der Waals surface area contributed by atoms with Gasteiger partial charge in [-0.05, 0) is 23.8 Å². The van der Waals surface area contributed by atoms with Gasteiger partial charge in [0.05, 0.1) is 6.21 Å². The normalized spacial score (nSPS) is 10.8. The first-order valence-corrected chi connectivity index (χ1v) is 6.15. The summed E-state index contributed by atoms with van der Waals surface area (Å²) >= 11 is 11.8. The first-order valence-electron chi connectivity index (χ1n) is 5.40. The van der Waals surface area contributed by atoms with E-state index < -0.39 is 0 Å². The van der Waals surface area contributed by atoms with Gasteiger partial charge in [-0.2, -0.15) is 0 Å². The minimum atomic E-state index is 0.351. The molecule has 0 amide bonds. The Bertz CT molecular complexity index is 538. The van der Waals surface area contributed by atoms with E-state index in [1.54, 1.807) is 18.3 Å². The van der Waals surface area contributed by atoms with Crippen molar-refractivity contribution in [1.82, 2.24) is 0 Å². The Kier molecular flexibility index (Phi) is 4.62. The van der Waals surface area contributed by atoms with E-state index in [1.807, 2.05) is 36.4 Å². The van der Waals surface area contributed by atoms with Gasteiger partial charge in [-0.15, -0.1) is 0 Å². The molecule has 0 aliphatic heterocycles. The molecule has 2 aromatic rings. The summed E-state index contributed by atoms with van der Waals surface area (Å²) in [5, 5.41) is 5.26. The fraction of sp³-hybridized carbons (Fsp3) is 0.0714. The highest BCUT2D eigenvalue weighted by atomic mass is 35.5. The lowest BCUT2D eigenvalue weighted by Crippen LogP contribution is -1.89. The lowest BCUT2D eigenvalue weighted by molar-refractivity contribution is 0.132. The summed E-state index contributed by atoms with van der Waals surface area (Å²) in [7, 11) is 0. The lowest BCUT2D eigenvalue weighted by atomic mass is 10.2. The molecule has 0 N–H and O–H groups in total. The molecule has 2 rings (SSSR count). The quantitative estimate of drug-likeness (QED) is 0.595. The molecule has 0 heterocycles. The number of hydrogen-bond acceptors (Lipinski definition) is 2. The standard InChI is InChI=1S/C14H11Cl2NO/c15-13-7-5-11(6-8-13)9-17-18-10-12-3-1-2-4-14(12)16/h1-9H,10H2. The molecule has 92 valence electrons. The lowest BCUT2D eigenvalue weighted by Gasteiger charge is -2.01. The Hall–Kier alpha value is -1.51. The van der Waals surface area contributed by atoms with Crippen LogP contribution < -0.4 is 0 Å². The predicted molar refractivity (Wildman–Crippen MR) is 75.3 cm³/mol. The van der Waals surface area contributed by atoms with Crippen molar-refractivity contribution in [3.63, 3.8) is 0 Å². The Morgan fingerprint density at radius 2 is 1.72 bits per heavy atom. The van der Waals surface area contributed by atoms with E-state index in [0.717, 1.165) is 11.1 Å². The molecule has 2 aromatic carbocycles. The Morgan fingerprint density at radius 3 is 2.44 bits per heavy atom. The van der Waals surface area contributed by atoms with Crippen LogP contribution in [0.2, 0.25) is 10.0 Å². The number of nitrogens with zero attached hydrogens (tertiary/aromatic N) is 1. The second-order valence-electron chi connectivity index (χ2n) is 3.65. The highest BCUT2D eigenvalue weighted by Gasteiger charge is 1.97. The fourth-order valence-corrected chi connectivity index (χ4v) is 1.69. The van der Waals surface area contributed by atoms with Crippen LogP contribution in [0.4, 0.5) is 0 Å². The predicted octanol–water partition coefficient (Wildman–Crippen LogP) is 4.54. The van der Waals surface area contributed by atoms with Gasteiger partial charge in [0.15, 0.2) is 0 Å². The average Bonchev–Trinajstić information content (AvgIpc) is 2.39. The van der Waals surface area contributed by atoms with Gasteiger partial charge in [0.25, 0.3) is 0 Å². The topological polar surface area (TPSA) is 21.6 Å². The van der Waals surface area contributed by atoms with Gasteiger partial charge >= 0.3 is 0 Å². The summed E-state index contributed by atoms with van der Waals surface area (Å²) in [6.07, 6.45) is 1.63. The molecule has 0 bridgehead atoms. The van der Waals surface area contributed by atoms with Crippen LogP contribution in [0.5, 0.6) is 0 Å². The third-order valence-electron chi connectivity index (χ3n) is 2.32. The zero-order chi connectivity index (χ0) is 12.8. The number of rotatable bonds is 4. The van der Waals surface area contributed by atoms with Crippen LogP contribution in [0.25, 0.3) is 0 Å². The molecule has 18 heavy (non-hydrogen) atoms. The smallest absolute Gasteiger partial charge is 0.143 e. The van der Waals surface area contributed by atoms with Crippen LogP contribution in [0, 0.1) is 0 Å². The summed E-state index contributed by atoms with van der Waals surface area (Å²) in [6.45, 7) is 0.351. The van der Waals surface area contributed by atoms with Gasteiger partial charge in [-0.25, -0.2) is 0 Å². The van der Waals surface area contributed by atoms with E-state index in [1.165, 1.54) is 0 Å². The van der Waals surface area contributed by atoms with Crippen molar-refractivity contribution in [3.8, 4) is 0 Å². The van der Waals surface area contributed by atoms with Gasteiger partial charge in [0, 0.05) is 15.6 Å². The number of halogens is 2. The summed E-state index contributed by atoms with van der Waals surface area (Å²) in [5.41, 5.74) is 1.84. The molecule has 0 fully saturated rings. The SMILES string of the molecule is Clc1ccc(C=NOCc2ccccc2Cl)cc1. The summed E-state index contributed by atoms with van der Waals surface area (Å²) < 4.78 is 0. The van der Waals surface area contributed by atoms with Gasteiger partial charge < -0.3 is 4.84 Å². The van der Waals surface area contributed by atoms with E-state index in [4.69, 9.17) is 28.0 Å². The van der Waals surface area contributed by atoms with Crippen LogP contribution in [0.3, 0.4) is 0 Å². The van der Waals surface area contributed by atoms with Crippen LogP contribution in [0.1, 0.15) is 11.1 Å². The molecule has 0 radical (unpaired) electrons. The van der Waals surface area contributed by atoms with Crippen molar-refractivity contribution in [2.45, 2.75) is 6.61 Å². The minimum Gasteiger partial charge on any atom is -0.391 e. The highest BCUT2D eigenvalue weighted by molar-refractivity contribution is 6.31. The maximum atomic E-state index is 5.99. The van der Waals surface area contributed by atoms with Crippen LogP contribution in [-0.2, 0) is 11.4 Å². The molecular formula is C14H11Cl2NO. The molecule has 0 unspecified atom stereocenters. The van der Waals surface area contributed by atoms with E-state index in [-0.39, 0.29) is 0 Å². The number of benzene rings is 2. The molecule has 0 saturated heterocycles. The summed E-state index contributed by atoms with van der Waals surface area (Å²) in [5.74, 6) is 0. The summed E-state index contributed by atoms with van der Waals surface area (Å²) in [4.78, 5) is 5.19. The van der Waals surface area contributed by atoms with Crippen molar-refractivity contribution < 1.29 is 4.84 Å². The second kappa shape index (κ2) is 6.43. The molecule has 0 saturated carbocycles. The van der Waals surface area contributed by atoms with Crippen molar-refractivity contribution >= 4 is 29.4 Å². The van der Waals surface area contributed by atoms with Gasteiger partial charge in [0.1, 0.15) is 6.61 Å². The molecular weight excluding hydrogens is 269 g/mol. The Morgan fingerprint density at radius 1 is 1.00 bits per heavy atom.